The number of urea groups is 1. The summed E-state index contributed by atoms with van der Waals surface area (Å²) in [5.41, 5.74) is 1.18. The van der Waals surface area contributed by atoms with Crippen molar-refractivity contribution in [3.05, 3.63) is 45.9 Å². The number of carbonyl (C=O) groups is 1. The number of nitrogens with one attached hydrogen (secondary N) is 1. The van der Waals surface area contributed by atoms with Crippen molar-refractivity contribution in [1.29, 1.82) is 0 Å². The standard InChI is InChI=1S/C18H24N4OS/c1-12-11-22(15(12)13-8-6-5-7-9-13)17(23)19-10-14-20-21-16(24-14)18(2,3)4/h5-9,12,15H,10-11H2,1-4H3,(H,19,23)/t12-,15-/m0/s1. The molecule has 1 aromatic heterocycles. The minimum atomic E-state index is -0.0329. The van der Waals surface area contributed by atoms with Gasteiger partial charge < -0.3 is 10.2 Å². The van der Waals surface area contributed by atoms with Gasteiger partial charge in [0, 0.05) is 12.0 Å². The molecule has 6 heteroatoms. The number of likely N-dealkylation sites (tertiary alicyclic amines) is 1. The van der Waals surface area contributed by atoms with Gasteiger partial charge in [-0.2, -0.15) is 0 Å². The van der Waals surface area contributed by atoms with E-state index < -0.39 is 0 Å². The van der Waals surface area contributed by atoms with Gasteiger partial charge in [0.05, 0.1) is 12.6 Å². The predicted octanol–water partition coefficient (Wildman–Crippen LogP) is 3.74. The van der Waals surface area contributed by atoms with Gasteiger partial charge >= 0.3 is 6.03 Å². The quantitative estimate of drug-likeness (QED) is 0.923. The summed E-state index contributed by atoms with van der Waals surface area (Å²) in [5, 5.41) is 13.2. The molecule has 1 fully saturated rings. The molecule has 0 aliphatic carbocycles. The second-order valence-corrected chi connectivity index (χ2v) is 8.46. The van der Waals surface area contributed by atoms with Crippen molar-refractivity contribution < 1.29 is 4.79 Å². The monoisotopic (exact) mass is 344 g/mol. The Hall–Kier alpha value is -1.95. The summed E-state index contributed by atoms with van der Waals surface area (Å²) >= 11 is 1.56. The van der Waals surface area contributed by atoms with Crippen LogP contribution < -0.4 is 5.32 Å². The minimum Gasteiger partial charge on any atom is -0.331 e. The van der Waals surface area contributed by atoms with Crippen LogP contribution in [0.1, 0.15) is 49.3 Å². The summed E-state index contributed by atoms with van der Waals surface area (Å²) in [6, 6.07) is 10.3. The summed E-state index contributed by atoms with van der Waals surface area (Å²) in [4.78, 5) is 14.4. The van der Waals surface area contributed by atoms with Crippen LogP contribution in [0.3, 0.4) is 0 Å². The van der Waals surface area contributed by atoms with Gasteiger partial charge in [0.15, 0.2) is 0 Å². The summed E-state index contributed by atoms with van der Waals surface area (Å²) in [5.74, 6) is 0.479. The van der Waals surface area contributed by atoms with Crippen molar-refractivity contribution in [2.45, 2.75) is 45.7 Å². The Kier molecular flexibility index (Phi) is 4.58. The van der Waals surface area contributed by atoms with E-state index in [0.29, 0.717) is 12.5 Å². The van der Waals surface area contributed by atoms with E-state index in [0.717, 1.165) is 16.6 Å². The second kappa shape index (κ2) is 6.51. The highest BCUT2D eigenvalue weighted by molar-refractivity contribution is 7.11. The molecule has 2 amide bonds. The second-order valence-electron chi connectivity index (χ2n) is 7.39. The molecule has 2 atom stereocenters. The molecule has 1 aliphatic rings. The number of hydrogen-bond donors (Lipinski definition) is 1. The van der Waals surface area contributed by atoms with Crippen LogP contribution in [0.25, 0.3) is 0 Å². The number of aromatic nitrogens is 2. The topological polar surface area (TPSA) is 58.1 Å². The molecule has 128 valence electrons. The molecule has 2 heterocycles. The predicted molar refractivity (Wildman–Crippen MR) is 95.9 cm³/mol. The van der Waals surface area contributed by atoms with Gasteiger partial charge in [-0.3, -0.25) is 0 Å². The highest BCUT2D eigenvalue weighted by Crippen LogP contribution is 2.38. The highest BCUT2D eigenvalue weighted by atomic mass is 32.1. The van der Waals surface area contributed by atoms with Gasteiger partial charge in [0.25, 0.3) is 0 Å². The van der Waals surface area contributed by atoms with Crippen LogP contribution in [-0.4, -0.2) is 27.7 Å². The lowest BCUT2D eigenvalue weighted by molar-refractivity contribution is 0.0590. The molecular formula is C18H24N4OS. The molecule has 1 aromatic carbocycles. The number of benzene rings is 1. The van der Waals surface area contributed by atoms with Crippen LogP contribution in [-0.2, 0) is 12.0 Å². The normalized spacial score (nSPS) is 20.6. The summed E-state index contributed by atoms with van der Waals surface area (Å²) < 4.78 is 0. The minimum absolute atomic E-state index is 0.00870. The number of carbonyl (C=O) groups excluding carboxylic acids is 1. The highest BCUT2D eigenvalue weighted by Gasteiger charge is 2.39. The molecule has 0 unspecified atom stereocenters. The van der Waals surface area contributed by atoms with E-state index in [4.69, 9.17) is 0 Å². The smallest absolute Gasteiger partial charge is 0.318 e. The first-order chi connectivity index (χ1) is 11.4. The fourth-order valence-electron chi connectivity index (χ4n) is 2.94. The molecule has 0 bridgehead atoms. The maximum atomic E-state index is 12.5. The van der Waals surface area contributed by atoms with Crippen LogP contribution in [0.5, 0.6) is 0 Å². The van der Waals surface area contributed by atoms with Crippen LogP contribution in [0, 0.1) is 5.92 Å². The zero-order valence-electron chi connectivity index (χ0n) is 14.6. The molecule has 5 nitrogen and oxygen atoms in total. The van der Waals surface area contributed by atoms with Crippen LogP contribution in [0.2, 0.25) is 0 Å². The largest absolute Gasteiger partial charge is 0.331 e. The molecule has 0 saturated carbocycles. The molecule has 24 heavy (non-hydrogen) atoms. The summed E-state index contributed by atoms with van der Waals surface area (Å²) in [6.07, 6.45) is 0. The van der Waals surface area contributed by atoms with Gasteiger partial charge in [0.2, 0.25) is 0 Å². The van der Waals surface area contributed by atoms with Gasteiger partial charge in [-0.1, -0.05) is 69.4 Å². The first kappa shape index (κ1) is 16.9. The third kappa shape index (κ3) is 3.43. The number of amides is 2. The van der Waals surface area contributed by atoms with Crippen molar-refractivity contribution >= 4 is 17.4 Å². The van der Waals surface area contributed by atoms with Crippen molar-refractivity contribution in [3.63, 3.8) is 0 Å². The van der Waals surface area contributed by atoms with Crippen molar-refractivity contribution in [3.8, 4) is 0 Å². The van der Waals surface area contributed by atoms with E-state index in [2.05, 4.69) is 55.3 Å². The van der Waals surface area contributed by atoms with Gasteiger partial charge in [-0.25, -0.2) is 4.79 Å². The zero-order chi connectivity index (χ0) is 17.3. The van der Waals surface area contributed by atoms with E-state index in [-0.39, 0.29) is 17.5 Å². The van der Waals surface area contributed by atoms with Crippen LogP contribution in [0.4, 0.5) is 4.79 Å². The molecule has 0 radical (unpaired) electrons. The number of nitrogens with zero attached hydrogens (tertiary/aromatic N) is 3. The zero-order valence-corrected chi connectivity index (χ0v) is 15.4. The molecule has 1 saturated heterocycles. The third-order valence-electron chi connectivity index (χ3n) is 4.26. The molecular weight excluding hydrogens is 320 g/mol. The first-order valence-corrected chi connectivity index (χ1v) is 9.10. The van der Waals surface area contributed by atoms with Crippen molar-refractivity contribution in [2.24, 2.45) is 5.92 Å². The van der Waals surface area contributed by atoms with Crippen LogP contribution >= 0.6 is 11.3 Å². The first-order valence-electron chi connectivity index (χ1n) is 8.28. The number of rotatable bonds is 3. The Labute approximate surface area is 147 Å². The Balaban J connectivity index is 1.60. The Morgan fingerprint density at radius 3 is 2.58 bits per heavy atom. The van der Waals surface area contributed by atoms with Gasteiger partial charge in [0.1, 0.15) is 10.0 Å². The SMILES string of the molecule is C[C@H]1CN(C(=O)NCc2nnc(C(C)(C)C)s2)[C@@H]1c1ccccc1. The molecule has 0 spiro atoms. The fourth-order valence-corrected chi connectivity index (χ4v) is 3.78. The molecule has 1 N–H and O–H groups in total. The lowest BCUT2D eigenvalue weighted by atomic mass is 9.85. The van der Waals surface area contributed by atoms with E-state index >= 15 is 0 Å². The number of hydrogen-bond acceptors (Lipinski definition) is 4. The maximum Gasteiger partial charge on any atom is 0.318 e. The van der Waals surface area contributed by atoms with Gasteiger partial charge in [-0.05, 0) is 11.5 Å². The average Bonchev–Trinajstić information content (AvgIpc) is 3.00. The van der Waals surface area contributed by atoms with Crippen molar-refractivity contribution in [2.75, 3.05) is 6.54 Å². The Bertz CT molecular complexity index is 707. The lowest BCUT2D eigenvalue weighted by Gasteiger charge is -2.46. The maximum absolute atomic E-state index is 12.5. The van der Waals surface area contributed by atoms with Crippen LogP contribution in [0.15, 0.2) is 30.3 Å². The van der Waals surface area contributed by atoms with E-state index in [1.54, 1.807) is 11.3 Å². The summed E-state index contributed by atoms with van der Waals surface area (Å²) in [6.45, 7) is 9.74. The molecule has 3 rings (SSSR count). The third-order valence-corrected chi connectivity index (χ3v) is 5.61. The average molecular weight is 344 g/mol. The molecule has 2 aromatic rings. The fraction of sp³-hybridized carbons (Fsp3) is 0.500. The lowest BCUT2D eigenvalue weighted by Crippen LogP contribution is -2.54. The van der Waals surface area contributed by atoms with E-state index in [1.165, 1.54) is 5.56 Å². The van der Waals surface area contributed by atoms with E-state index in [9.17, 15) is 4.79 Å². The van der Waals surface area contributed by atoms with Crippen molar-refractivity contribution in [1.82, 2.24) is 20.4 Å². The Morgan fingerprint density at radius 1 is 1.29 bits per heavy atom. The molecule has 1 aliphatic heterocycles. The Morgan fingerprint density at radius 2 is 2.00 bits per heavy atom. The van der Waals surface area contributed by atoms with Gasteiger partial charge in [-0.15, -0.1) is 10.2 Å². The summed E-state index contributed by atoms with van der Waals surface area (Å²) in [7, 11) is 0. The van der Waals surface area contributed by atoms with E-state index in [1.807, 2.05) is 23.1 Å².